The molecule has 0 fully saturated rings. The molecule has 1 unspecified atom stereocenters. The molecule has 3 aromatic rings. The van der Waals surface area contributed by atoms with Crippen LogP contribution < -0.4 is 14.8 Å². The summed E-state index contributed by atoms with van der Waals surface area (Å²) in [4.78, 5) is 29.7. The molecule has 0 bridgehead atoms. The molecule has 33 heavy (non-hydrogen) atoms. The van der Waals surface area contributed by atoms with Crippen LogP contribution in [-0.4, -0.2) is 48.0 Å². The van der Waals surface area contributed by atoms with Crippen molar-refractivity contribution in [2.45, 2.75) is 13.0 Å². The number of carbonyl (C=O) groups excluding carboxylic acids is 1. The standard InChI is InChI=1S/C24H26N4O5/c1-17(21-6-4-5-13-25-21)26-22-12-7-18(16-23(22)28(30)31)24(29)27(2)14-15-33-20-10-8-19(32-3)9-11-20/h4-13,16-17,26H,14-15H2,1-3H3. The Hall–Kier alpha value is -4.14. The maximum absolute atomic E-state index is 12.8. The van der Waals surface area contributed by atoms with E-state index in [0.29, 0.717) is 18.0 Å². The summed E-state index contributed by atoms with van der Waals surface area (Å²) in [6.45, 7) is 2.45. The van der Waals surface area contributed by atoms with Gasteiger partial charge in [-0.2, -0.15) is 0 Å². The van der Waals surface area contributed by atoms with E-state index in [2.05, 4.69) is 10.3 Å². The number of benzene rings is 2. The summed E-state index contributed by atoms with van der Waals surface area (Å²) in [6, 6.07) is 16.8. The smallest absolute Gasteiger partial charge is 0.293 e. The number of hydrogen-bond donors (Lipinski definition) is 1. The quantitative estimate of drug-likeness (QED) is 0.362. The monoisotopic (exact) mass is 450 g/mol. The van der Waals surface area contributed by atoms with Crippen LogP contribution >= 0.6 is 0 Å². The zero-order valence-electron chi connectivity index (χ0n) is 18.7. The number of pyridine rings is 1. The fourth-order valence-corrected chi connectivity index (χ4v) is 3.17. The molecule has 0 radical (unpaired) electrons. The van der Waals surface area contributed by atoms with Gasteiger partial charge in [0.15, 0.2) is 0 Å². The predicted molar refractivity (Wildman–Crippen MR) is 125 cm³/mol. The lowest BCUT2D eigenvalue weighted by Crippen LogP contribution is -2.31. The highest BCUT2D eigenvalue weighted by Crippen LogP contribution is 2.29. The minimum Gasteiger partial charge on any atom is -0.497 e. The van der Waals surface area contributed by atoms with Crippen LogP contribution in [0.25, 0.3) is 0 Å². The Kier molecular flexibility index (Phi) is 7.80. The van der Waals surface area contributed by atoms with Crippen LogP contribution in [0, 0.1) is 10.1 Å². The van der Waals surface area contributed by atoms with Crippen LogP contribution in [0.4, 0.5) is 11.4 Å². The van der Waals surface area contributed by atoms with E-state index >= 15 is 0 Å². The van der Waals surface area contributed by atoms with Crippen molar-refractivity contribution in [1.82, 2.24) is 9.88 Å². The minimum absolute atomic E-state index is 0.175. The zero-order valence-corrected chi connectivity index (χ0v) is 18.7. The molecule has 2 aromatic carbocycles. The number of amides is 1. The number of nitro groups is 1. The van der Waals surface area contributed by atoms with Crippen LogP contribution in [0.5, 0.6) is 11.5 Å². The Morgan fingerprint density at radius 2 is 1.88 bits per heavy atom. The lowest BCUT2D eigenvalue weighted by atomic mass is 10.1. The van der Waals surface area contributed by atoms with Crippen LogP contribution in [0.1, 0.15) is 29.0 Å². The molecule has 0 saturated carbocycles. The summed E-state index contributed by atoms with van der Waals surface area (Å²) in [5, 5.41) is 14.8. The fraction of sp³-hybridized carbons (Fsp3) is 0.250. The molecule has 172 valence electrons. The topological polar surface area (TPSA) is 107 Å². The number of likely N-dealkylation sites (N-methyl/N-ethyl adjacent to an activating group) is 1. The van der Waals surface area contributed by atoms with Crippen molar-refractivity contribution in [2.75, 3.05) is 32.6 Å². The van der Waals surface area contributed by atoms with Gasteiger partial charge in [0, 0.05) is 24.9 Å². The number of rotatable bonds is 10. The first-order chi connectivity index (χ1) is 15.9. The van der Waals surface area contributed by atoms with Gasteiger partial charge >= 0.3 is 0 Å². The number of nitro benzene ring substituents is 1. The summed E-state index contributed by atoms with van der Waals surface area (Å²) in [5.41, 5.74) is 1.12. The van der Waals surface area contributed by atoms with Gasteiger partial charge in [-0.05, 0) is 55.5 Å². The first kappa shape index (κ1) is 23.5. The third-order valence-corrected chi connectivity index (χ3v) is 5.05. The summed E-state index contributed by atoms with van der Waals surface area (Å²) >= 11 is 0. The minimum atomic E-state index is -0.503. The molecule has 9 heteroatoms. The SMILES string of the molecule is COc1ccc(OCCN(C)C(=O)c2ccc(NC(C)c3ccccn3)c([N+](=O)[O-])c2)cc1. The Balaban J connectivity index is 1.64. The molecule has 1 atom stereocenters. The van der Waals surface area contributed by atoms with Crippen LogP contribution in [-0.2, 0) is 0 Å². The number of ether oxygens (including phenoxy) is 2. The van der Waals surface area contributed by atoms with E-state index in [9.17, 15) is 14.9 Å². The van der Waals surface area contributed by atoms with E-state index in [4.69, 9.17) is 9.47 Å². The molecule has 3 rings (SSSR count). The highest BCUT2D eigenvalue weighted by Gasteiger charge is 2.21. The number of anilines is 1. The zero-order chi connectivity index (χ0) is 23.8. The Morgan fingerprint density at radius 3 is 2.52 bits per heavy atom. The van der Waals surface area contributed by atoms with Crippen LogP contribution in [0.2, 0.25) is 0 Å². The highest BCUT2D eigenvalue weighted by molar-refractivity contribution is 5.95. The second kappa shape index (κ2) is 10.9. The van der Waals surface area contributed by atoms with Crippen molar-refractivity contribution in [2.24, 2.45) is 0 Å². The first-order valence-corrected chi connectivity index (χ1v) is 10.4. The van der Waals surface area contributed by atoms with Crippen LogP contribution in [0.15, 0.2) is 66.9 Å². The molecular formula is C24H26N4O5. The number of hydrogen-bond acceptors (Lipinski definition) is 7. The predicted octanol–water partition coefficient (Wildman–Crippen LogP) is 4.32. The second-order valence-corrected chi connectivity index (χ2v) is 7.36. The number of nitrogens with one attached hydrogen (secondary N) is 1. The third kappa shape index (κ3) is 6.19. The molecule has 1 aromatic heterocycles. The Morgan fingerprint density at radius 1 is 1.15 bits per heavy atom. The van der Waals surface area contributed by atoms with E-state index in [1.807, 2.05) is 19.1 Å². The average molecular weight is 450 g/mol. The maximum atomic E-state index is 12.8. The molecule has 0 saturated heterocycles. The van der Waals surface area contributed by atoms with Crippen molar-refractivity contribution in [3.05, 3.63) is 88.2 Å². The maximum Gasteiger partial charge on any atom is 0.293 e. The van der Waals surface area contributed by atoms with Gasteiger partial charge in [-0.25, -0.2) is 0 Å². The third-order valence-electron chi connectivity index (χ3n) is 5.05. The van der Waals surface area contributed by atoms with Gasteiger partial charge < -0.3 is 19.7 Å². The van der Waals surface area contributed by atoms with Gasteiger partial charge in [-0.3, -0.25) is 19.9 Å². The van der Waals surface area contributed by atoms with Crippen molar-refractivity contribution in [1.29, 1.82) is 0 Å². The molecule has 1 N–H and O–H groups in total. The average Bonchev–Trinajstić information content (AvgIpc) is 2.84. The van der Waals surface area contributed by atoms with E-state index < -0.39 is 4.92 Å². The van der Waals surface area contributed by atoms with Crippen molar-refractivity contribution in [3.63, 3.8) is 0 Å². The molecule has 0 aliphatic carbocycles. The lowest BCUT2D eigenvalue weighted by Gasteiger charge is -2.19. The number of nitrogens with zero attached hydrogens (tertiary/aromatic N) is 3. The summed E-state index contributed by atoms with van der Waals surface area (Å²) < 4.78 is 10.8. The highest BCUT2D eigenvalue weighted by atomic mass is 16.6. The molecular weight excluding hydrogens is 424 g/mol. The molecule has 0 aliphatic heterocycles. The van der Waals surface area contributed by atoms with Gasteiger partial charge in [0.25, 0.3) is 11.6 Å². The number of carbonyl (C=O) groups is 1. The van der Waals surface area contributed by atoms with Gasteiger partial charge in [0.1, 0.15) is 23.8 Å². The van der Waals surface area contributed by atoms with Gasteiger partial charge in [0.2, 0.25) is 0 Å². The first-order valence-electron chi connectivity index (χ1n) is 10.4. The van der Waals surface area contributed by atoms with Crippen LogP contribution in [0.3, 0.4) is 0 Å². The van der Waals surface area contributed by atoms with Gasteiger partial charge in [-0.1, -0.05) is 6.07 Å². The fourth-order valence-electron chi connectivity index (χ4n) is 3.17. The second-order valence-electron chi connectivity index (χ2n) is 7.36. The molecule has 1 amide bonds. The summed E-state index contributed by atoms with van der Waals surface area (Å²) in [6.07, 6.45) is 1.66. The van der Waals surface area contributed by atoms with E-state index in [1.54, 1.807) is 62.8 Å². The lowest BCUT2D eigenvalue weighted by molar-refractivity contribution is -0.384. The molecule has 0 spiro atoms. The van der Waals surface area contributed by atoms with Gasteiger partial charge in [-0.15, -0.1) is 0 Å². The van der Waals surface area contributed by atoms with Crippen molar-refractivity contribution >= 4 is 17.3 Å². The molecule has 0 aliphatic rings. The van der Waals surface area contributed by atoms with Crippen molar-refractivity contribution in [3.8, 4) is 11.5 Å². The molecule has 1 heterocycles. The molecule has 9 nitrogen and oxygen atoms in total. The number of aromatic nitrogens is 1. The van der Waals surface area contributed by atoms with Gasteiger partial charge in [0.05, 0.1) is 30.3 Å². The summed E-state index contributed by atoms with van der Waals surface area (Å²) in [5.74, 6) is 1.05. The normalized spacial score (nSPS) is 11.4. The number of methoxy groups -OCH3 is 1. The largest absolute Gasteiger partial charge is 0.497 e. The van der Waals surface area contributed by atoms with Crippen molar-refractivity contribution < 1.29 is 19.2 Å². The van der Waals surface area contributed by atoms with E-state index in [-0.39, 0.29) is 29.8 Å². The van der Waals surface area contributed by atoms with E-state index in [0.717, 1.165) is 11.4 Å². The Labute approximate surface area is 192 Å². The van der Waals surface area contributed by atoms with E-state index in [1.165, 1.54) is 11.0 Å². The Bertz CT molecular complexity index is 1090. The summed E-state index contributed by atoms with van der Waals surface area (Å²) in [7, 11) is 3.21.